The van der Waals surface area contributed by atoms with Crippen LogP contribution < -0.4 is 5.32 Å². The first-order chi connectivity index (χ1) is 11.2. The number of carbonyl (C=O) groups excluding carboxylic acids is 1. The number of benzene rings is 1. The Bertz CT molecular complexity index is 730. The largest absolute Gasteiger partial charge is 0.331 e. The van der Waals surface area contributed by atoms with Crippen molar-refractivity contribution in [3.05, 3.63) is 59.9 Å². The number of rotatable bonds is 2. The van der Waals surface area contributed by atoms with Gasteiger partial charge in [0.25, 0.3) is 5.91 Å². The number of nitrogens with zero attached hydrogens (tertiary/aromatic N) is 3. The number of halogens is 2. The zero-order chi connectivity index (χ0) is 15.8. The molecular formula is C17H18ClFN4O. The third kappa shape index (κ3) is 2.87. The number of aromatic nitrogens is 2. The summed E-state index contributed by atoms with van der Waals surface area (Å²) in [6.45, 7) is 2.42. The standard InChI is InChI=1S/C17H17FN4O.ClH/c18-14-3-1-2-11(4-14)16-15-8-19-7-13(15)9-22(16)17(23)12-5-20-10-21-6-12;/h1-6,10,13,15-16,19H,7-9H2;1H/t13-,15-,16+;/m0./s1. The summed E-state index contributed by atoms with van der Waals surface area (Å²) in [5, 5.41) is 3.38. The molecule has 0 aliphatic carbocycles. The highest BCUT2D eigenvalue weighted by Gasteiger charge is 2.46. The summed E-state index contributed by atoms with van der Waals surface area (Å²) < 4.78 is 13.7. The van der Waals surface area contributed by atoms with E-state index >= 15 is 0 Å². The number of nitrogens with one attached hydrogen (secondary N) is 1. The second-order valence-corrected chi connectivity index (χ2v) is 6.17. The Balaban J connectivity index is 0.00000169. The molecule has 4 rings (SSSR count). The Morgan fingerprint density at radius 1 is 1.25 bits per heavy atom. The fourth-order valence-corrected chi connectivity index (χ4v) is 3.82. The second kappa shape index (κ2) is 6.83. The van der Waals surface area contributed by atoms with Crippen LogP contribution in [0.4, 0.5) is 4.39 Å². The minimum absolute atomic E-state index is 0. The molecule has 2 aliphatic heterocycles. The Kier molecular flexibility index (Phi) is 4.78. The van der Waals surface area contributed by atoms with Crippen LogP contribution in [0.2, 0.25) is 0 Å². The number of carbonyl (C=O) groups is 1. The predicted octanol–water partition coefficient (Wildman–Crippen LogP) is 2.07. The first-order valence-corrected chi connectivity index (χ1v) is 7.76. The third-order valence-corrected chi connectivity index (χ3v) is 4.82. The van der Waals surface area contributed by atoms with Gasteiger partial charge in [-0.3, -0.25) is 4.79 Å². The molecule has 2 saturated heterocycles. The highest BCUT2D eigenvalue weighted by molar-refractivity contribution is 5.94. The minimum Gasteiger partial charge on any atom is -0.331 e. The number of fused-ring (bicyclic) bond motifs is 1. The Hall–Kier alpha value is -2.05. The van der Waals surface area contributed by atoms with Gasteiger partial charge >= 0.3 is 0 Å². The van der Waals surface area contributed by atoms with E-state index in [0.717, 1.165) is 18.7 Å². The Morgan fingerprint density at radius 3 is 2.79 bits per heavy atom. The van der Waals surface area contributed by atoms with Gasteiger partial charge < -0.3 is 10.2 Å². The van der Waals surface area contributed by atoms with Gasteiger partial charge in [0.15, 0.2) is 0 Å². The maximum Gasteiger partial charge on any atom is 0.257 e. The Morgan fingerprint density at radius 2 is 2.04 bits per heavy atom. The van der Waals surface area contributed by atoms with Crippen molar-refractivity contribution in [1.29, 1.82) is 0 Å². The molecule has 24 heavy (non-hydrogen) atoms. The van der Waals surface area contributed by atoms with Crippen LogP contribution in [0.3, 0.4) is 0 Å². The van der Waals surface area contributed by atoms with Gasteiger partial charge in [-0.1, -0.05) is 12.1 Å². The minimum atomic E-state index is -0.271. The molecule has 3 heterocycles. The summed E-state index contributed by atoms with van der Waals surface area (Å²) in [5.74, 6) is 0.351. The van der Waals surface area contributed by atoms with Gasteiger partial charge in [0.2, 0.25) is 0 Å². The van der Waals surface area contributed by atoms with Crippen LogP contribution in [0.1, 0.15) is 22.0 Å². The highest BCUT2D eigenvalue weighted by Crippen LogP contribution is 2.43. The SMILES string of the molecule is Cl.O=C(c1cncnc1)N1C[C@@H]2CNC[C@@H]2[C@H]1c1cccc(F)c1. The number of likely N-dealkylation sites (tertiary alicyclic amines) is 1. The molecule has 126 valence electrons. The van der Waals surface area contributed by atoms with E-state index in [9.17, 15) is 9.18 Å². The molecule has 0 unspecified atom stereocenters. The smallest absolute Gasteiger partial charge is 0.257 e. The van der Waals surface area contributed by atoms with Crippen molar-refractivity contribution in [3.8, 4) is 0 Å². The molecule has 1 aromatic heterocycles. The van der Waals surface area contributed by atoms with Crippen LogP contribution in [0.25, 0.3) is 0 Å². The Labute approximate surface area is 145 Å². The third-order valence-electron chi connectivity index (χ3n) is 4.82. The summed E-state index contributed by atoms with van der Waals surface area (Å²) in [7, 11) is 0. The van der Waals surface area contributed by atoms with Crippen LogP contribution in [-0.2, 0) is 0 Å². The summed E-state index contributed by atoms with van der Waals surface area (Å²) in [5.41, 5.74) is 1.33. The molecule has 5 nitrogen and oxygen atoms in total. The fraction of sp³-hybridized carbons (Fsp3) is 0.353. The molecule has 2 fully saturated rings. The van der Waals surface area contributed by atoms with E-state index in [4.69, 9.17) is 0 Å². The molecule has 2 aliphatic rings. The normalized spacial score (nSPS) is 25.2. The van der Waals surface area contributed by atoms with Crippen LogP contribution in [0.5, 0.6) is 0 Å². The van der Waals surface area contributed by atoms with Crippen molar-refractivity contribution in [2.75, 3.05) is 19.6 Å². The van der Waals surface area contributed by atoms with E-state index in [1.807, 2.05) is 11.0 Å². The molecular weight excluding hydrogens is 331 g/mol. The lowest BCUT2D eigenvalue weighted by molar-refractivity contribution is 0.0713. The van der Waals surface area contributed by atoms with E-state index in [-0.39, 0.29) is 30.2 Å². The van der Waals surface area contributed by atoms with E-state index in [2.05, 4.69) is 15.3 Å². The van der Waals surface area contributed by atoms with Crippen molar-refractivity contribution >= 4 is 18.3 Å². The zero-order valence-corrected chi connectivity index (χ0v) is 13.7. The first kappa shape index (κ1) is 16.8. The molecule has 1 aromatic carbocycles. The van der Waals surface area contributed by atoms with Crippen molar-refractivity contribution < 1.29 is 9.18 Å². The predicted molar refractivity (Wildman–Crippen MR) is 89.3 cm³/mol. The van der Waals surface area contributed by atoms with E-state index in [0.29, 0.717) is 23.9 Å². The average molecular weight is 349 g/mol. The van der Waals surface area contributed by atoms with Crippen LogP contribution in [0, 0.1) is 17.7 Å². The molecule has 3 atom stereocenters. The second-order valence-electron chi connectivity index (χ2n) is 6.17. The summed E-state index contributed by atoms with van der Waals surface area (Å²) in [4.78, 5) is 22.6. The number of hydrogen-bond donors (Lipinski definition) is 1. The molecule has 7 heteroatoms. The lowest BCUT2D eigenvalue weighted by Crippen LogP contribution is -2.34. The zero-order valence-electron chi connectivity index (χ0n) is 12.9. The lowest BCUT2D eigenvalue weighted by Gasteiger charge is -2.28. The maximum absolute atomic E-state index is 13.7. The van der Waals surface area contributed by atoms with Crippen LogP contribution in [0.15, 0.2) is 43.0 Å². The van der Waals surface area contributed by atoms with Gasteiger partial charge in [-0.05, 0) is 23.6 Å². The van der Waals surface area contributed by atoms with E-state index < -0.39 is 0 Å². The topological polar surface area (TPSA) is 58.1 Å². The number of amides is 1. The van der Waals surface area contributed by atoms with Gasteiger partial charge in [-0.25, -0.2) is 14.4 Å². The van der Waals surface area contributed by atoms with Crippen molar-refractivity contribution in [1.82, 2.24) is 20.2 Å². The van der Waals surface area contributed by atoms with E-state index in [1.54, 1.807) is 6.07 Å². The fourth-order valence-electron chi connectivity index (χ4n) is 3.82. The summed E-state index contributed by atoms with van der Waals surface area (Å²) in [6, 6.07) is 6.45. The quantitative estimate of drug-likeness (QED) is 0.902. The lowest BCUT2D eigenvalue weighted by atomic mass is 9.89. The van der Waals surface area contributed by atoms with Crippen molar-refractivity contribution in [2.24, 2.45) is 11.8 Å². The van der Waals surface area contributed by atoms with Crippen LogP contribution >= 0.6 is 12.4 Å². The van der Waals surface area contributed by atoms with Gasteiger partial charge in [0.05, 0.1) is 11.6 Å². The van der Waals surface area contributed by atoms with Crippen molar-refractivity contribution in [2.45, 2.75) is 6.04 Å². The van der Waals surface area contributed by atoms with Gasteiger partial charge in [-0.2, -0.15) is 0 Å². The monoisotopic (exact) mass is 348 g/mol. The highest BCUT2D eigenvalue weighted by atomic mass is 35.5. The van der Waals surface area contributed by atoms with Gasteiger partial charge in [0, 0.05) is 37.9 Å². The molecule has 0 radical (unpaired) electrons. The summed E-state index contributed by atoms with van der Waals surface area (Å²) in [6.07, 6.45) is 4.47. The molecule has 0 bridgehead atoms. The molecule has 0 spiro atoms. The molecule has 1 amide bonds. The average Bonchev–Trinajstić information content (AvgIpc) is 3.15. The molecule has 1 N–H and O–H groups in total. The maximum atomic E-state index is 13.7. The van der Waals surface area contributed by atoms with E-state index in [1.165, 1.54) is 30.9 Å². The summed E-state index contributed by atoms with van der Waals surface area (Å²) >= 11 is 0. The molecule has 0 saturated carbocycles. The molecule has 2 aromatic rings. The van der Waals surface area contributed by atoms with Gasteiger partial charge in [-0.15, -0.1) is 12.4 Å². The van der Waals surface area contributed by atoms with Gasteiger partial charge in [0.1, 0.15) is 12.1 Å². The van der Waals surface area contributed by atoms with Crippen molar-refractivity contribution in [3.63, 3.8) is 0 Å². The number of hydrogen-bond acceptors (Lipinski definition) is 4. The first-order valence-electron chi connectivity index (χ1n) is 7.76. The van der Waals surface area contributed by atoms with Crippen LogP contribution in [-0.4, -0.2) is 40.4 Å².